The number of amides is 1. The van der Waals surface area contributed by atoms with Crippen molar-refractivity contribution >= 4 is 11.9 Å². The zero-order valence-corrected chi connectivity index (χ0v) is 19.7. The highest BCUT2D eigenvalue weighted by atomic mass is 16.6. The Morgan fingerprint density at radius 1 is 1.16 bits per heavy atom. The Kier molecular flexibility index (Phi) is 7.72. The highest BCUT2D eigenvalue weighted by Crippen LogP contribution is 2.28. The Morgan fingerprint density at radius 3 is 2.56 bits per heavy atom. The molecule has 1 aliphatic carbocycles. The maximum Gasteiger partial charge on any atom is 0.325 e. The van der Waals surface area contributed by atoms with Crippen LogP contribution in [0.2, 0.25) is 0 Å². The summed E-state index contributed by atoms with van der Waals surface area (Å²) in [6.45, 7) is 9.56. The van der Waals surface area contributed by atoms with Gasteiger partial charge in [0.05, 0.1) is 12.7 Å². The number of benzene rings is 1. The van der Waals surface area contributed by atoms with Crippen molar-refractivity contribution < 1.29 is 23.5 Å². The lowest BCUT2D eigenvalue weighted by molar-refractivity contribution is -0.154. The average Bonchev–Trinajstić information content (AvgIpc) is 3.10. The zero-order valence-electron chi connectivity index (χ0n) is 19.7. The van der Waals surface area contributed by atoms with Gasteiger partial charge in [-0.15, -0.1) is 0 Å². The number of rotatable bonds is 7. The molecule has 1 aromatic carbocycles. The topological polar surface area (TPSA) is 90.7 Å². The van der Waals surface area contributed by atoms with Gasteiger partial charge in [0, 0.05) is 11.5 Å². The third kappa shape index (κ3) is 6.92. The summed E-state index contributed by atoms with van der Waals surface area (Å²) >= 11 is 0. The van der Waals surface area contributed by atoms with Gasteiger partial charge >= 0.3 is 5.97 Å². The number of carbonyl (C=O) groups excluding carboxylic acids is 2. The predicted octanol–water partition coefficient (Wildman–Crippen LogP) is 4.49. The number of aromatic nitrogens is 1. The van der Waals surface area contributed by atoms with Crippen LogP contribution in [0.4, 0.5) is 0 Å². The molecule has 1 fully saturated rings. The predicted molar refractivity (Wildman–Crippen MR) is 121 cm³/mol. The minimum Gasteiger partial charge on any atom is -0.459 e. The summed E-state index contributed by atoms with van der Waals surface area (Å²) in [5.41, 5.74) is 2.33. The van der Waals surface area contributed by atoms with E-state index in [1.807, 2.05) is 38.1 Å². The molecule has 2 atom stereocenters. The normalized spacial score (nSPS) is 18.9. The highest BCUT2D eigenvalue weighted by molar-refractivity contribution is 5.83. The van der Waals surface area contributed by atoms with Crippen LogP contribution in [0.3, 0.4) is 0 Å². The molecule has 7 heteroatoms. The van der Waals surface area contributed by atoms with Gasteiger partial charge in [0.2, 0.25) is 11.8 Å². The molecule has 0 radical (unpaired) electrons. The number of oxazole rings is 1. The standard InChI is InChI=1S/C25H34N2O5/c1-16-9-11-18(12-10-16)24-27-21(17(2)31-24)15-30-20-8-6-7-19(13-20)23(29)26-14-22(28)32-25(3,4)5/h9-12,19-20H,6-8,13-15H2,1-5H3,(H,26,29). The molecule has 174 valence electrons. The lowest BCUT2D eigenvalue weighted by atomic mass is 9.86. The fraction of sp³-hybridized carbons (Fsp3) is 0.560. The SMILES string of the molecule is Cc1ccc(-c2nc(COC3CCCC(C(=O)NCC(=O)OC(C)(C)C)C3)c(C)o2)cc1. The molecule has 1 N–H and O–H groups in total. The van der Waals surface area contributed by atoms with Crippen molar-refractivity contribution in [2.75, 3.05) is 6.54 Å². The molecule has 1 aliphatic rings. The quantitative estimate of drug-likeness (QED) is 0.635. The largest absolute Gasteiger partial charge is 0.459 e. The molecule has 1 amide bonds. The number of nitrogens with zero attached hydrogens (tertiary/aromatic N) is 1. The third-order valence-corrected chi connectivity index (χ3v) is 5.47. The van der Waals surface area contributed by atoms with E-state index in [1.54, 1.807) is 20.8 Å². The van der Waals surface area contributed by atoms with E-state index in [2.05, 4.69) is 10.3 Å². The Hall–Kier alpha value is -2.67. The van der Waals surface area contributed by atoms with Gasteiger partial charge in [-0.1, -0.05) is 24.1 Å². The number of hydrogen-bond donors (Lipinski definition) is 1. The molecule has 1 saturated carbocycles. The molecule has 7 nitrogen and oxygen atoms in total. The maximum atomic E-state index is 12.5. The van der Waals surface area contributed by atoms with Crippen LogP contribution in [-0.4, -0.2) is 35.1 Å². The van der Waals surface area contributed by atoms with Gasteiger partial charge in [0.1, 0.15) is 23.6 Å². The fourth-order valence-corrected chi connectivity index (χ4v) is 3.79. The van der Waals surface area contributed by atoms with Crippen molar-refractivity contribution in [1.29, 1.82) is 0 Å². The Balaban J connectivity index is 1.49. The highest BCUT2D eigenvalue weighted by Gasteiger charge is 2.29. The molecule has 0 aliphatic heterocycles. The van der Waals surface area contributed by atoms with Crippen LogP contribution >= 0.6 is 0 Å². The molecule has 1 heterocycles. The fourth-order valence-electron chi connectivity index (χ4n) is 3.79. The van der Waals surface area contributed by atoms with Crippen LogP contribution in [0.25, 0.3) is 11.5 Å². The van der Waals surface area contributed by atoms with Crippen LogP contribution in [0.15, 0.2) is 28.7 Å². The molecule has 2 unspecified atom stereocenters. The first-order valence-corrected chi connectivity index (χ1v) is 11.3. The number of ether oxygens (including phenoxy) is 2. The van der Waals surface area contributed by atoms with E-state index in [0.29, 0.717) is 18.9 Å². The summed E-state index contributed by atoms with van der Waals surface area (Å²) in [7, 11) is 0. The van der Waals surface area contributed by atoms with Crippen molar-refractivity contribution in [3.05, 3.63) is 41.3 Å². The van der Waals surface area contributed by atoms with Crippen LogP contribution in [0, 0.1) is 19.8 Å². The number of aryl methyl sites for hydroxylation is 2. The maximum absolute atomic E-state index is 12.5. The van der Waals surface area contributed by atoms with E-state index in [4.69, 9.17) is 13.9 Å². The Bertz CT molecular complexity index is 927. The van der Waals surface area contributed by atoms with E-state index in [1.165, 1.54) is 5.56 Å². The van der Waals surface area contributed by atoms with Crippen molar-refractivity contribution in [3.8, 4) is 11.5 Å². The molecule has 0 saturated heterocycles. The number of nitrogens with one attached hydrogen (secondary N) is 1. The summed E-state index contributed by atoms with van der Waals surface area (Å²) < 4.78 is 17.2. The van der Waals surface area contributed by atoms with Gasteiger partial charge in [-0.2, -0.15) is 0 Å². The summed E-state index contributed by atoms with van der Waals surface area (Å²) in [5.74, 6) is 0.605. The molecular formula is C25H34N2O5. The first-order chi connectivity index (χ1) is 15.1. The molecule has 0 bridgehead atoms. The third-order valence-electron chi connectivity index (χ3n) is 5.47. The number of hydrogen-bond acceptors (Lipinski definition) is 6. The van der Waals surface area contributed by atoms with Gasteiger partial charge in [-0.3, -0.25) is 9.59 Å². The average molecular weight is 443 g/mol. The van der Waals surface area contributed by atoms with Gasteiger partial charge in [-0.25, -0.2) is 4.98 Å². The van der Waals surface area contributed by atoms with E-state index in [9.17, 15) is 9.59 Å². The molecule has 0 spiro atoms. The number of esters is 1. The van der Waals surface area contributed by atoms with Gasteiger partial charge in [-0.05, 0) is 66.0 Å². The second-order valence-corrected chi connectivity index (χ2v) is 9.49. The van der Waals surface area contributed by atoms with Crippen molar-refractivity contribution in [3.63, 3.8) is 0 Å². The molecule has 32 heavy (non-hydrogen) atoms. The molecule has 2 aromatic rings. The first kappa shape index (κ1) is 24.0. The van der Waals surface area contributed by atoms with Crippen LogP contribution < -0.4 is 5.32 Å². The summed E-state index contributed by atoms with van der Waals surface area (Å²) in [6.07, 6.45) is 3.20. The molecular weight excluding hydrogens is 408 g/mol. The van der Waals surface area contributed by atoms with Crippen LogP contribution in [-0.2, 0) is 25.7 Å². The van der Waals surface area contributed by atoms with E-state index >= 15 is 0 Å². The summed E-state index contributed by atoms with van der Waals surface area (Å²) in [6, 6.07) is 8.04. The van der Waals surface area contributed by atoms with Crippen molar-refractivity contribution in [2.24, 2.45) is 5.92 Å². The summed E-state index contributed by atoms with van der Waals surface area (Å²) in [5, 5.41) is 2.71. The van der Waals surface area contributed by atoms with Gasteiger partial charge in [0.15, 0.2) is 0 Å². The van der Waals surface area contributed by atoms with Crippen molar-refractivity contribution in [1.82, 2.24) is 10.3 Å². The number of carbonyl (C=O) groups is 2. The van der Waals surface area contributed by atoms with Crippen LogP contribution in [0.1, 0.15) is 63.5 Å². The van der Waals surface area contributed by atoms with E-state index in [0.717, 1.165) is 36.3 Å². The lowest BCUT2D eigenvalue weighted by Crippen LogP contribution is -2.40. The Labute approximate surface area is 189 Å². The van der Waals surface area contributed by atoms with Crippen molar-refractivity contribution in [2.45, 2.75) is 78.6 Å². The first-order valence-electron chi connectivity index (χ1n) is 11.3. The second kappa shape index (κ2) is 10.3. The van der Waals surface area contributed by atoms with E-state index < -0.39 is 11.6 Å². The smallest absolute Gasteiger partial charge is 0.325 e. The van der Waals surface area contributed by atoms with Gasteiger partial charge in [0.25, 0.3) is 0 Å². The Morgan fingerprint density at radius 2 is 1.88 bits per heavy atom. The van der Waals surface area contributed by atoms with Crippen LogP contribution in [0.5, 0.6) is 0 Å². The minimum atomic E-state index is -0.565. The minimum absolute atomic E-state index is 0.0278. The van der Waals surface area contributed by atoms with E-state index in [-0.39, 0.29) is 24.5 Å². The monoisotopic (exact) mass is 442 g/mol. The zero-order chi connectivity index (χ0) is 23.3. The van der Waals surface area contributed by atoms with Gasteiger partial charge < -0.3 is 19.2 Å². The second-order valence-electron chi connectivity index (χ2n) is 9.49. The lowest BCUT2D eigenvalue weighted by Gasteiger charge is -2.28. The molecule has 1 aromatic heterocycles. The molecule has 3 rings (SSSR count). The summed E-state index contributed by atoms with van der Waals surface area (Å²) in [4.78, 5) is 29.0.